The van der Waals surface area contributed by atoms with E-state index in [0.717, 1.165) is 38.5 Å². The number of hydrogen-bond acceptors (Lipinski definition) is 4. The molecule has 180 valence electrons. The van der Waals surface area contributed by atoms with Crippen molar-refractivity contribution in [1.29, 1.82) is 0 Å². The van der Waals surface area contributed by atoms with Gasteiger partial charge in [0.15, 0.2) is 0 Å². The molecule has 0 saturated carbocycles. The average Bonchev–Trinajstić information content (AvgIpc) is 3.50. The standard InChI is InChI=1S/C27H42N6/c1-5-6-21-13-20(2)24(14-21)26(28-3)32-12-9-27(17-32)18-33(19-27)25(22-7-10-29-11-8-22)23-15-30-31(4)16-23/h14-16,22,25,29H,5-13,17-19H2,1-4H3/b28-26+/t25-/m0/s1. The van der Waals surface area contributed by atoms with Gasteiger partial charge in [-0.05, 0) is 58.0 Å². The summed E-state index contributed by atoms with van der Waals surface area (Å²) in [6.07, 6.45) is 14.2. The van der Waals surface area contributed by atoms with E-state index in [9.17, 15) is 0 Å². The Morgan fingerprint density at radius 3 is 2.73 bits per heavy atom. The van der Waals surface area contributed by atoms with Crippen LogP contribution in [-0.2, 0) is 7.05 Å². The van der Waals surface area contributed by atoms with Crippen molar-refractivity contribution in [3.63, 3.8) is 0 Å². The van der Waals surface area contributed by atoms with Crippen LogP contribution in [0.5, 0.6) is 0 Å². The second-order valence-corrected chi connectivity index (χ2v) is 11.0. The fraction of sp³-hybridized carbons (Fsp3) is 0.704. The second kappa shape index (κ2) is 9.38. The second-order valence-electron chi connectivity index (χ2n) is 11.0. The van der Waals surface area contributed by atoms with E-state index in [1.807, 2.05) is 18.8 Å². The lowest BCUT2D eigenvalue weighted by Gasteiger charge is -2.53. The molecule has 1 aliphatic carbocycles. The van der Waals surface area contributed by atoms with E-state index in [0.29, 0.717) is 11.5 Å². The Morgan fingerprint density at radius 1 is 1.27 bits per heavy atom. The topological polar surface area (TPSA) is 48.7 Å². The summed E-state index contributed by atoms with van der Waals surface area (Å²) in [4.78, 5) is 10.2. The minimum absolute atomic E-state index is 0.423. The lowest BCUT2D eigenvalue weighted by Crippen LogP contribution is -2.60. The van der Waals surface area contributed by atoms with Crippen LogP contribution in [-0.4, -0.2) is 71.7 Å². The minimum atomic E-state index is 0.423. The van der Waals surface area contributed by atoms with E-state index in [2.05, 4.69) is 52.5 Å². The lowest BCUT2D eigenvalue weighted by atomic mass is 9.75. The van der Waals surface area contributed by atoms with Crippen molar-refractivity contribution in [2.24, 2.45) is 23.4 Å². The van der Waals surface area contributed by atoms with Gasteiger partial charge >= 0.3 is 0 Å². The van der Waals surface area contributed by atoms with Crippen LogP contribution < -0.4 is 5.32 Å². The van der Waals surface area contributed by atoms with E-state index in [4.69, 9.17) is 4.99 Å². The number of hydrogen-bond donors (Lipinski definition) is 1. The molecular weight excluding hydrogens is 408 g/mol. The molecule has 6 nitrogen and oxygen atoms in total. The zero-order valence-corrected chi connectivity index (χ0v) is 21.1. The molecule has 0 unspecified atom stereocenters. The van der Waals surface area contributed by atoms with E-state index >= 15 is 0 Å². The largest absolute Gasteiger partial charge is 0.356 e. The molecule has 3 saturated heterocycles. The number of nitrogens with one attached hydrogen (secondary N) is 1. The van der Waals surface area contributed by atoms with E-state index in [-0.39, 0.29) is 0 Å². The van der Waals surface area contributed by atoms with Crippen LogP contribution in [0.2, 0.25) is 0 Å². The van der Waals surface area contributed by atoms with Crippen molar-refractivity contribution in [3.05, 3.63) is 40.8 Å². The maximum absolute atomic E-state index is 4.81. The van der Waals surface area contributed by atoms with Crippen LogP contribution in [0.4, 0.5) is 0 Å². The van der Waals surface area contributed by atoms with Crippen molar-refractivity contribution >= 4 is 5.84 Å². The Balaban J connectivity index is 1.27. The van der Waals surface area contributed by atoms with Gasteiger partial charge in [0.1, 0.15) is 5.84 Å². The number of piperidine rings is 1. The molecule has 4 heterocycles. The van der Waals surface area contributed by atoms with Crippen LogP contribution in [0.25, 0.3) is 0 Å². The monoisotopic (exact) mass is 450 g/mol. The highest BCUT2D eigenvalue weighted by Gasteiger charge is 2.51. The predicted octanol–water partition coefficient (Wildman–Crippen LogP) is 3.94. The number of amidine groups is 1. The fourth-order valence-corrected chi connectivity index (χ4v) is 6.90. The van der Waals surface area contributed by atoms with E-state index in [1.54, 1.807) is 5.57 Å². The van der Waals surface area contributed by atoms with Gasteiger partial charge in [-0.3, -0.25) is 14.6 Å². The third-order valence-electron chi connectivity index (χ3n) is 8.43. The third-order valence-corrected chi connectivity index (χ3v) is 8.43. The van der Waals surface area contributed by atoms with Gasteiger partial charge in [-0.25, -0.2) is 0 Å². The summed E-state index contributed by atoms with van der Waals surface area (Å²) in [5, 5.41) is 8.07. The zero-order valence-electron chi connectivity index (χ0n) is 21.1. The molecule has 1 aromatic rings. The van der Waals surface area contributed by atoms with Gasteiger partial charge in [0.2, 0.25) is 0 Å². The Bertz CT molecular complexity index is 942. The summed E-state index contributed by atoms with van der Waals surface area (Å²) >= 11 is 0. The van der Waals surface area contributed by atoms with Gasteiger partial charge in [-0.15, -0.1) is 0 Å². The molecule has 1 N–H and O–H groups in total. The molecule has 3 fully saturated rings. The Kier molecular flexibility index (Phi) is 6.49. The molecule has 1 spiro atoms. The summed E-state index contributed by atoms with van der Waals surface area (Å²) in [7, 11) is 4.02. The molecule has 0 bridgehead atoms. The highest BCUT2D eigenvalue weighted by molar-refractivity contribution is 6.02. The number of aliphatic imine (C=N–C) groups is 1. The van der Waals surface area contributed by atoms with Crippen LogP contribution in [0, 0.1) is 11.3 Å². The number of nitrogens with zero attached hydrogens (tertiary/aromatic N) is 5. The smallest absolute Gasteiger partial charge is 0.130 e. The van der Waals surface area contributed by atoms with Gasteiger partial charge < -0.3 is 10.2 Å². The molecule has 0 amide bonds. The van der Waals surface area contributed by atoms with Crippen molar-refractivity contribution in [2.75, 3.05) is 46.3 Å². The summed E-state index contributed by atoms with van der Waals surface area (Å²) < 4.78 is 1.97. The molecule has 1 aromatic heterocycles. The van der Waals surface area contributed by atoms with Gasteiger partial charge in [-0.1, -0.05) is 30.6 Å². The number of aryl methyl sites for hydroxylation is 1. The third kappa shape index (κ3) is 4.44. The summed E-state index contributed by atoms with van der Waals surface area (Å²) in [6.45, 7) is 11.6. The maximum Gasteiger partial charge on any atom is 0.130 e. The normalized spacial score (nSPS) is 25.2. The quantitative estimate of drug-likeness (QED) is 0.527. The van der Waals surface area contributed by atoms with Crippen molar-refractivity contribution in [3.8, 4) is 0 Å². The van der Waals surface area contributed by atoms with Gasteiger partial charge in [0, 0.05) is 69.1 Å². The van der Waals surface area contributed by atoms with Crippen molar-refractivity contribution < 1.29 is 0 Å². The molecule has 1 atom stereocenters. The molecule has 5 rings (SSSR count). The summed E-state index contributed by atoms with van der Waals surface area (Å²) in [6, 6.07) is 0.513. The van der Waals surface area contributed by atoms with Crippen molar-refractivity contribution in [2.45, 2.75) is 58.4 Å². The Morgan fingerprint density at radius 2 is 2.06 bits per heavy atom. The molecular formula is C27H42N6. The first-order valence-corrected chi connectivity index (χ1v) is 13.1. The molecule has 33 heavy (non-hydrogen) atoms. The number of allylic oxidation sites excluding steroid dienone is 2. The molecule has 6 heteroatoms. The van der Waals surface area contributed by atoms with Crippen LogP contribution in [0.1, 0.15) is 64.0 Å². The van der Waals surface area contributed by atoms with Crippen molar-refractivity contribution in [1.82, 2.24) is 24.9 Å². The van der Waals surface area contributed by atoms with Gasteiger partial charge in [0.05, 0.1) is 6.20 Å². The molecule has 4 aliphatic rings. The average molecular weight is 451 g/mol. The first-order chi connectivity index (χ1) is 16.0. The van der Waals surface area contributed by atoms with Gasteiger partial charge in [-0.2, -0.15) is 5.10 Å². The highest BCUT2D eigenvalue weighted by Crippen LogP contribution is 2.47. The number of likely N-dealkylation sites (tertiary alicyclic amines) is 2. The summed E-state index contributed by atoms with van der Waals surface area (Å²) in [5.74, 6) is 1.96. The fourth-order valence-electron chi connectivity index (χ4n) is 6.90. The van der Waals surface area contributed by atoms with E-state index < -0.39 is 0 Å². The Hall–Kier alpha value is -1.92. The zero-order chi connectivity index (χ0) is 23.0. The van der Waals surface area contributed by atoms with Gasteiger partial charge in [0.25, 0.3) is 0 Å². The summed E-state index contributed by atoms with van der Waals surface area (Å²) in [5.41, 5.74) is 6.31. The molecule has 0 aromatic carbocycles. The predicted molar refractivity (Wildman–Crippen MR) is 135 cm³/mol. The molecule has 0 radical (unpaired) electrons. The van der Waals surface area contributed by atoms with Crippen LogP contribution >= 0.6 is 0 Å². The van der Waals surface area contributed by atoms with Crippen LogP contribution in [0.15, 0.2) is 40.2 Å². The molecule has 3 aliphatic heterocycles. The van der Waals surface area contributed by atoms with Crippen LogP contribution in [0.3, 0.4) is 0 Å². The highest BCUT2D eigenvalue weighted by atomic mass is 15.3. The lowest BCUT2D eigenvalue weighted by molar-refractivity contribution is -0.0452. The first-order valence-electron chi connectivity index (χ1n) is 13.1. The maximum atomic E-state index is 4.81. The first kappa shape index (κ1) is 22.9. The number of aromatic nitrogens is 2. The number of rotatable bonds is 6. The Labute approximate surface area is 199 Å². The SMILES string of the molecule is CCCC1=CC(/C(=N\C)N2CCC3(C2)CN([C@H](c2cnn(C)c2)C2CCNCC2)C3)=C(C)C1. The minimum Gasteiger partial charge on any atom is -0.356 e. The van der Waals surface area contributed by atoms with E-state index in [1.165, 1.54) is 67.7 Å².